The quantitative estimate of drug-likeness (QED) is 0.424. The van der Waals surface area contributed by atoms with Crippen LogP contribution in [0.4, 0.5) is 5.69 Å². The van der Waals surface area contributed by atoms with Crippen LogP contribution in [0.1, 0.15) is 16.1 Å². The summed E-state index contributed by atoms with van der Waals surface area (Å²) in [4.78, 5) is 24.4. The first-order valence-corrected chi connectivity index (χ1v) is 6.90. The number of nitro groups is 1. The van der Waals surface area contributed by atoms with Crippen LogP contribution in [0.5, 0.6) is 5.75 Å². The van der Waals surface area contributed by atoms with Crippen molar-refractivity contribution in [3.8, 4) is 5.75 Å². The van der Waals surface area contributed by atoms with Gasteiger partial charge in [0.1, 0.15) is 5.69 Å². The Morgan fingerprint density at radius 3 is 2.82 bits per heavy atom. The van der Waals surface area contributed by atoms with Crippen molar-refractivity contribution in [3.05, 3.63) is 55.3 Å². The third kappa shape index (κ3) is 3.62. The van der Waals surface area contributed by atoms with Crippen molar-refractivity contribution in [1.82, 2.24) is 10.4 Å². The van der Waals surface area contributed by atoms with E-state index in [2.05, 4.69) is 31.4 Å². The molecule has 10 heteroatoms. The predicted octanol–water partition coefficient (Wildman–Crippen LogP) is 2.81. The topological polar surface area (TPSA) is 121 Å². The van der Waals surface area contributed by atoms with E-state index in [0.717, 1.165) is 12.3 Å². The summed E-state index contributed by atoms with van der Waals surface area (Å²) in [6.45, 7) is 0. The van der Waals surface area contributed by atoms with Crippen LogP contribution in [0.3, 0.4) is 0 Å². The molecule has 1 aromatic heterocycles. The van der Waals surface area contributed by atoms with Crippen LogP contribution in [-0.2, 0) is 0 Å². The number of halogens is 2. The van der Waals surface area contributed by atoms with E-state index in [-0.39, 0.29) is 16.3 Å². The molecule has 0 aliphatic heterocycles. The number of hydrogen-bond acceptors (Lipinski definition) is 5. The Hall–Kier alpha value is -2.39. The molecule has 1 aromatic carbocycles. The van der Waals surface area contributed by atoms with Gasteiger partial charge in [-0.2, -0.15) is 5.10 Å². The Kier molecular flexibility index (Phi) is 4.78. The second-order valence-electron chi connectivity index (χ2n) is 4.05. The maximum atomic E-state index is 11.7. The van der Waals surface area contributed by atoms with Gasteiger partial charge < -0.3 is 10.1 Å². The summed E-state index contributed by atoms with van der Waals surface area (Å²) in [5.74, 6) is -1.10. The van der Waals surface area contributed by atoms with E-state index >= 15 is 0 Å². The van der Waals surface area contributed by atoms with Crippen LogP contribution < -0.4 is 5.43 Å². The highest BCUT2D eigenvalue weighted by molar-refractivity contribution is 9.10. The van der Waals surface area contributed by atoms with Gasteiger partial charge in [0, 0.05) is 27.3 Å². The molecule has 1 amide bonds. The van der Waals surface area contributed by atoms with Crippen LogP contribution in [0.15, 0.2) is 34.0 Å². The number of carbonyl (C=O) groups is 1. The smallest absolute Gasteiger partial charge is 0.312 e. The summed E-state index contributed by atoms with van der Waals surface area (Å²) in [5, 5.41) is 24.2. The number of hydrogen-bond donors (Lipinski definition) is 3. The lowest BCUT2D eigenvalue weighted by molar-refractivity contribution is -0.385. The molecule has 0 fully saturated rings. The Balaban J connectivity index is 2.17. The van der Waals surface area contributed by atoms with Crippen LogP contribution >= 0.6 is 27.5 Å². The van der Waals surface area contributed by atoms with Gasteiger partial charge in [0.25, 0.3) is 5.91 Å². The van der Waals surface area contributed by atoms with Gasteiger partial charge >= 0.3 is 5.69 Å². The van der Waals surface area contributed by atoms with Gasteiger partial charge in [-0.1, -0.05) is 11.6 Å². The zero-order valence-corrected chi connectivity index (χ0v) is 13.1. The van der Waals surface area contributed by atoms with Gasteiger partial charge in [-0.05, 0) is 28.1 Å². The molecule has 1 heterocycles. The lowest BCUT2D eigenvalue weighted by Gasteiger charge is -2.01. The number of aromatic hydroxyl groups is 1. The van der Waals surface area contributed by atoms with Crippen molar-refractivity contribution >= 4 is 45.3 Å². The number of rotatable bonds is 4. The zero-order chi connectivity index (χ0) is 16.3. The molecule has 0 saturated carbocycles. The van der Waals surface area contributed by atoms with Crippen molar-refractivity contribution < 1.29 is 14.8 Å². The fourth-order valence-corrected chi connectivity index (χ4v) is 2.13. The first-order valence-electron chi connectivity index (χ1n) is 5.72. The SMILES string of the molecule is O=C(N/N=C/c1cc(Cl)cc([N+](=O)[O-])c1O)c1cc(Br)c[nH]1. The van der Waals surface area contributed by atoms with Crippen molar-refractivity contribution in [1.29, 1.82) is 0 Å². The first-order chi connectivity index (χ1) is 10.4. The highest BCUT2D eigenvalue weighted by Crippen LogP contribution is 2.32. The molecule has 2 rings (SSSR count). The largest absolute Gasteiger partial charge is 0.502 e. The minimum atomic E-state index is -0.770. The molecule has 22 heavy (non-hydrogen) atoms. The van der Waals surface area contributed by atoms with Gasteiger partial charge in [-0.25, -0.2) is 5.43 Å². The van der Waals surface area contributed by atoms with Crippen molar-refractivity contribution in [3.63, 3.8) is 0 Å². The monoisotopic (exact) mass is 386 g/mol. The number of H-pyrrole nitrogens is 1. The number of benzene rings is 1. The molecular weight excluding hydrogens is 380 g/mol. The number of nitrogens with one attached hydrogen (secondary N) is 2. The third-order valence-corrected chi connectivity index (χ3v) is 3.22. The van der Waals surface area contributed by atoms with E-state index in [0.29, 0.717) is 4.47 Å². The summed E-state index contributed by atoms with van der Waals surface area (Å²) >= 11 is 8.91. The summed E-state index contributed by atoms with van der Waals surface area (Å²) in [6.07, 6.45) is 2.63. The number of hydrazone groups is 1. The van der Waals surface area contributed by atoms with E-state index < -0.39 is 22.3 Å². The Labute approximate surface area is 137 Å². The summed E-state index contributed by atoms with van der Waals surface area (Å²) in [7, 11) is 0. The molecule has 0 aliphatic carbocycles. The second kappa shape index (κ2) is 6.58. The van der Waals surface area contributed by atoms with Crippen LogP contribution in [0.2, 0.25) is 5.02 Å². The molecule has 0 spiro atoms. The lowest BCUT2D eigenvalue weighted by Crippen LogP contribution is -2.17. The minimum absolute atomic E-state index is 0.00664. The molecule has 114 valence electrons. The fraction of sp³-hybridized carbons (Fsp3) is 0. The van der Waals surface area contributed by atoms with Crippen LogP contribution in [-0.4, -0.2) is 27.1 Å². The third-order valence-electron chi connectivity index (χ3n) is 2.54. The number of nitro benzene ring substituents is 1. The molecule has 0 radical (unpaired) electrons. The predicted molar refractivity (Wildman–Crippen MR) is 83.3 cm³/mol. The number of aromatic amines is 1. The average molecular weight is 388 g/mol. The number of phenols is 1. The highest BCUT2D eigenvalue weighted by Gasteiger charge is 2.17. The van der Waals surface area contributed by atoms with Gasteiger partial charge in [0.05, 0.1) is 11.1 Å². The lowest BCUT2D eigenvalue weighted by atomic mass is 10.2. The molecule has 0 atom stereocenters. The average Bonchev–Trinajstić information content (AvgIpc) is 2.88. The molecule has 8 nitrogen and oxygen atoms in total. The molecule has 0 bridgehead atoms. The fourth-order valence-electron chi connectivity index (χ4n) is 1.56. The van der Waals surface area contributed by atoms with E-state index in [1.807, 2.05) is 0 Å². The van der Waals surface area contributed by atoms with Crippen molar-refractivity contribution in [2.24, 2.45) is 5.10 Å². The highest BCUT2D eigenvalue weighted by atomic mass is 79.9. The molecular formula is C12H8BrClN4O4. The Bertz CT molecular complexity index is 774. The second-order valence-corrected chi connectivity index (χ2v) is 5.40. The van der Waals surface area contributed by atoms with Crippen molar-refractivity contribution in [2.75, 3.05) is 0 Å². The minimum Gasteiger partial charge on any atom is -0.502 e. The summed E-state index contributed by atoms with van der Waals surface area (Å²) in [5.41, 5.74) is 1.94. The van der Waals surface area contributed by atoms with Crippen LogP contribution in [0, 0.1) is 10.1 Å². The maximum absolute atomic E-state index is 11.7. The zero-order valence-electron chi connectivity index (χ0n) is 10.7. The normalized spacial score (nSPS) is 10.8. The number of amides is 1. The maximum Gasteiger partial charge on any atom is 0.312 e. The Morgan fingerprint density at radius 1 is 1.50 bits per heavy atom. The summed E-state index contributed by atoms with van der Waals surface area (Å²) < 4.78 is 0.699. The summed E-state index contributed by atoms with van der Waals surface area (Å²) in [6, 6.07) is 3.85. The van der Waals surface area contributed by atoms with Gasteiger partial charge in [0.2, 0.25) is 5.75 Å². The van der Waals surface area contributed by atoms with Gasteiger partial charge in [-0.3, -0.25) is 14.9 Å². The van der Waals surface area contributed by atoms with Crippen molar-refractivity contribution in [2.45, 2.75) is 0 Å². The van der Waals surface area contributed by atoms with E-state index in [1.54, 1.807) is 12.3 Å². The van der Waals surface area contributed by atoms with Gasteiger partial charge in [0.15, 0.2) is 0 Å². The van der Waals surface area contributed by atoms with E-state index in [4.69, 9.17) is 11.6 Å². The van der Waals surface area contributed by atoms with Gasteiger partial charge in [-0.15, -0.1) is 0 Å². The van der Waals surface area contributed by atoms with Crippen LogP contribution in [0.25, 0.3) is 0 Å². The number of carbonyl (C=O) groups excluding carboxylic acids is 1. The van der Waals surface area contributed by atoms with E-state index in [9.17, 15) is 20.0 Å². The molecule has 2 aromatic rings. The first kappa shape index (κ1) is 16.0. The molecule has 3 N–H and O–H groups in total. The molecule has 0 unspecified atom stereocenters. The number of nitrogens with zero attached hydrogens (tertiary/aromatic N) is 2. The standard InChI is InChI=1S/C12H8BrClN4O4/c13-7-2-9(15-5-7)12(20)17-16-4-6-1-8(14)3-10(11(6)19)18(21)22/h1-5,15,19H,(H,17,20)/b16-4+. The number of phenolic OH excluding ortho intramolecular Hbond substituents is 1. The van der Waals surface area contributed by atoms with E-state index in [1.165, 1.54) is 6.07 Å². The molecule has 0 aliphatic rings. The molecule has 0 saturated heterocycles. The Morgan fingerprint density at radius 2 is 2.23 bits per heavy atom. The number of aromatic nitrogens is 1.